The summed E-state index contributed by atoms with van der Waals surface area (Å²) in [6.45, 7) is 0.476. The minimum Gasteiger partial charge on any atom is -0.453 e. The van der Waals surface area contributed by atoms with Gasteiger partial charge in [-0.1, -0.05) is 35.9 Å². The van der Waals surface area contributed by atoms with Gasteiger partial charge in [0.1, 0.15) is 11.9 Å². The molecule has 2 aliphatic rings. The second-order valence-corrected chi connectivity index (χ2v) is 9.71. The van der Waals surface area contributed by atoms with E-state index < -0.39 is 18.2 Å². The lowest BCUT2D eigenvalue weighted by Crippen LogP contribution is -2.41. The van der Waals surface area contributed by atoms with Gasteiger partial charge >= 0.3 is 12.2 Å². The number of aromatic nitrogens is 2. The average molecular weight is 550 g/mol. The highest BCUT2D eigenvalue weighted by atomic mass is 35.5. The maximum absolute atomic E-state index is 13.2. The predicted octanol–water partition coefficient (Wildman–Crippen LogP) is 6.21. The van der Waals surface area contributed by atoms with Crippen LogP contribution < -0.4 is 10.6 Å². The highest BCUT2D eigenvalue weighted by molar-refractivity contribution is 6.30. The summed E-state index contributed by atoms with van der Waals surface area (Å²) >= 11 is 6.14. The van der Waals surface area contributed by atoms with Gasteiger partial charge in [0.05, 0.1) is 30.7 Å². The Morgan fingerprint density at radius 1 is 1.21 bits per heavy atom. The molecule has 0 aliphatic carbocycles. The predicted molar refractivity (Wildman–Crippen MR) is 146 cm³/mol. The normalized spacial score (nSPS) is 20.3. The molecule has 1 fully saturated rings. The van der Waals surface area contributed by atoms with Crippen LogP contribution in [0.4, 0.5) is 21.0 Å². The number of carbonyl (C=O) groups is 3. The number of nitrogens with one attached hydrogen (secondary N) is 3. The van der Waals surface area contributed by atoms with Crippen LogP contribution in [0.15, 0.2) is 60.8 Å². The first-order valence-corrected chi connectivity index (χ1v) is 13.0. The number of anilines is 2. The molecule has 3 heterocycles. The monoisotopic (exact) mass is 549 g/mol. The number of ether oxygens (including phenoxy) is 2. The summed E-state index contributed by atoms with van der Waals surface area (Å²) in [4.78, 5) is 47.2. The number of methoxy groups -OCH3 is 1. The van der Waals surface area contributed by atoms with Crippen LogP contribution in [0.5, 0.6) is 0 Å². The van der Waals surface area contributed by atoms with Crippen molar-refractivity contribution in [1.29, 1.82) is 0 Å². The van der Waals surface area contributed by atoms with Gasteiger partial charge in [0.25, 0.3) is 0 Å². The van der Waals surface area contributed by atoms with Crippen molar-refractivity contribution in [3.63, 3.8) is 0 Å². The highest BCUT2D eigenvalue weighted by Crippen LogP contribution is 2.36. The molecular formula is C28H28ClN5O5. The zero-order chi connectivity index (χ0) is 27.4. The third-order valence-electron chi connectivity index (χ3n) is 6.70. The molecule has 5 rings (SSSR count). The van der Waals surface area contributed by atoms with Crippen molar-refractivity contribution >= 4 is 41.1 Å². The lowest BCUT2D eigenvalue weighted by Gasteiger charge is -2.36. The van der Waals surface area contributed by atoms with E-state index in [2.05, 4.69) is 25.3 Å². The van der Waals surface area contributed by atoms with Crippen LogP contribution >= 0.6 is 11.6 Å². The van der Waals surface area contributed by atoms with Crippen molar-refractivity contribution in [2.75, 3.05) is 24.3 Å². The Hall–Kier alpha value is -4.31. The Labute approximate surface area is 230 Å². The molecule has 3 amide bonds. The molecular weight excluding hydrogens is 522 g/mol. The molecule has 3 aromatic rings. The third-order valence-corrected chi connectivity index (χ3v) is 6.93. The Bertz CT molecular complexity index is 1420. The fraction of sp³-hybridized carbons (Fsp3) is 0.286. The number of imidazole rings is 1. The molecule has 2 aromatic carbocycles. The van der Waals surface area contributed by atoms with E-state index in [4.69, 9.17) is 16.3 Å². The Kier molecular flexibility index (Phi) is 7.83. The van der Waals surface area contributed by atoms with Crippen LogP contribution in [0.25, 0.3) is 11.3 Å². The molecule has 10 nitrogen and oxygen atoms in total. The number of benzene rings is 2. The van der Waals surface area contributed by atoms with Crippen molar-refractivity contribution in [2.45, 2.75) is 37.8 Å². The SMILES string of the molecule is COC(=O)Nc1ccc2c(c1)NC(=O)CC/C=C\C[C@H](N1CC[C@@H](c3cccc(Cl)c3)OC1=O)c1ncc-2[nH]1. The number of H-pyrrole nitrogens is 1. The lowest BCUT2D eigenvalue weighted by atomic mass is 10.0. The Balaban J connectivity index is 1.43. The highest BCUT2D eigenvalue weighted by Gasteiger charge is 2.35. The van der Waals surface area contributed by atoms with Crippen LogP contribution in [0, 0.1) is 0 Å². The van der Waals surface area contributed by atoms with Gasteiger partial charge in [-0.05, 0) is 48.7 Å². The zero-order valence-corrected chi connectivity index (χ0v) is 22.0. The quantitative estimate of drug-likeness (QED) is 0.333. The van der Waals surface area contributed by atoms with E-state index >= 15 is 0 Å². The molecule has 2 bridgehead atoms. The number of hydrogen-bond acceptors (Lipinski definition) is 6. The maximum Gasteiger partial charge on any atom is 0.411 e. The fourth-order valence-electron chi connectivity index (χ4n) is 4.75. The van der Waals surface area contributed by atoms with E-state index in [0.29, 0.717) is 59.3 Å². The van der Waals surface area contributed by atoms with Crippen LogP contribution in [0.1, 0.15) is 49.2 Å². The fourth-order valence-corrected chi connectivity index (χ4v) is 4.95. The number of halogens is 1. The number of carbonyl (C=O) groups excluding carboxylic acids is 3. The van der Waals surface area contributed by atoms with Gasteiger partial charge in [-0.2, -0.15) is 0 Å². The van der Waals surface area contributed by atoms with Crippen molar-refractivity contribution in [3.8, 4) is 11.3 Å². The van der Waals surface area contributed by atoms with Gasteiger partial charge in [0.2, 0.25) is 5.91 Å². The molecule has 11 heteroatoms. The largest absolute Gasteiger partial charge is 0.453 e. The molecule has 2 aliphatic heterocycles. The second-order valence-electron chi connectivity index (χ2n) is 9.28. The van der Waals surface area contributed by atoms with Crippen LogP contribution in [-0.2, 0) is 14.3 Å². The molecule has 0 saturated carbocycles. The number of rotatable bonds is 3. The molecule has 1 aromatic heterocycles. The standard InChI is InChI=1S/C28H28ClN5O5/c1-38-27(36)31-19-10-11-20-21(15-19)32-25(35)9-4-2-3-8-23(26-30-16-22(20)33-26)34-13-12-24(39-28(34)37)17-6-5-7-18(29)14-17/h2-3,5-7,10-11,14-16,23-24H,4,8-9,12-13H2,1H3,(H,30,33)(H,31,36)(H,32,35)/b3-2-/t23-,24-/m0/s1. The van der Waals surface area contributed by atoms with Gasteiger partial charge in [0, 0.05) is 35.7 Å². The molecule has 3 N–H and O–H groups in total. The summed E-state index contributed by atoms with van der Waals surface area (Å²) in [7, 11) is 1.28. The molecule has 39 heavy (non-hydrogen) atoms. The molecule has 0 spiro atoms. The summed E-state index contributed by atoms with van der Waals surface area (Å²) in [6, 6.07) is 12.1. The van der Waals surface area contributed by atoms with Crippen LogP contribution in [-0.4, -0.2) is 46.6 Å². The van der Waals surface area contributed by atoms with E-state index in [1.165, 1.54) is 7.11 Å². The average Bonchev–Trinajstić information content (AvgIpc) is 3.40. The smallest absolute Gasteiger partial charge is 0.411 e. The minimum absolute atomic E-state index is 0.168. The van der Waals surface area contributed by atoms with Crippen molar-refractivity contribution in [2.24, 2.45) is 0 Å². The van der Waals surface area contributed by atoms with Gasteiger partial charge in [-0.25, -0.2) is 14.6 Å². The molecule has 2 atom stereocenters. The minimum atomic E-state index is -0.617. The number of allylic oxidation sites excluding steroid dienone is 1. The number of amides is 3. The summed E-state index contributed by atoms with van der Waals surface area (Å²) in [5, 5.41) is 6.13. The Morgan fingerprint density at radius 2 is 2.08 bits per heavy atom. The van der Waals surface area contributed by atoms with E-state index in [1.54, 1.807) is 35.4 Å². The summed E-state index contributed by atoms with van der Waals surface area (Å²) in [5.74, 6) is 0.430. The number of fused-ring (bicyclic) bond motifs is 4. The summed E-state index contributed by atoms with van der Waals surface area (Å²) < 4.78 is 10.5. The summed E-state index contributed by atoms with van der Waals surface area (Å²) in [5.41, 5.74) is 3.17. The lowest BCUT2D eigenvalue weighted by molar-refractivity contribution is -0.116. The first-order chi connectivity index (χ1) is 18.9. The molecule has 0 unspecified atom stereocenters. The zero-order valence-electron chi connectivity index (χ0n) is 21.3. The molecule has 0 radical (unpaired) electrons. The molecule has 1 saturated heterocycles. The molecule has 202 valence electrons. The van der Waals surface area contributed by atoms with Gasteiger partial charge < -0.3 is 19.8 Å². The van der Waals surface area contributed by atoms with Gasteiger partial charge in [-0.3, -0.25) is 15.0 Å². The number of cyclic esters (lactones) is 1. The van der Waals surface area contributed by atoms with E-state index in [9.17, 15) is 14.4 Å². The van der Waals surface area contributed by atoms with E-state index in [1.807, 2.05) is 30.4 Å². The third kappa shape index (κ3) is 6.06. The van der Waals surface area contributed by atoms with Crippen molar-refractivity contribution in [1.82, 2.24) is 14.9 Å². The van der Waals surface area contributed by atoms with E-state index in [0.717, 1.165) is 5.56 Å². The maximum atomic E-state index is 13.2. The number of aromatic amines is 1. The first-order valence-electron chi connectivity index (χ1n) is 12.6. The van der Waals surface area contributed by atoms with E-state index in [-0.39, 0.29) is 18.4 Å². The van der Waals surface area contributed by atoms with Crippen LogP contribution in [0.3, 0.4) is 0 Å². The first kappa shape index (κ1) is 26.3. The van der Waals surface area contributed by atoms with Crippen LogP contribution in [0.2, 0.25) is 5.02 Å². The van der Waals surface area contributed by atoms with Gasteiger partial charge in [-0.15, -0.1) is 0 Å². The topological polar surface area (TPSA) is 126 Å². The van der Waals surface area contributed by atoms with Crippen molar-refractivity contribution < 1.29 is 23.9 Å². The number of hydrogen-bond donors (Lipinski definition) is 3. The summed E-state index contributed by atoms with van der Waals surface area (Å²) in [6.07, 6.45) is 6.04. The Morgan fingerprint density at radius 3 is 2.87 bits per heavy atom. The van der Waals surface area contributed by atoms with Crippen molar-refractivity contribution in [3.05, 3.63) is 77.2 Å². The second kappa shape index (κ2) is 11.6. The van der Waals surface area contributed by atoms with Gasteiger partial charge in [0.15, 0.2) is 0 Å². The number of nitrogens with zero attached hydrogens (tertiary/aromatic N) is 2.